The number of hydrogen-bond donors (Lipinski definition) is 2. The largest absolute Gasteiger partial charge is 0.497 e. The average Bonchev–Trinajstić information content (AvgIpc) is 3.26. The number of nitrogens with zero attached hydrogens (tertiary/aromatic N) is 1. The van der Waals surface area contributed by atoms with Crippen molar-refractivity contribution >= 4 is 17.6 Å². The summed E-state index contributed by atoms with van der Waals surface area (Å²) in [5.41, 5.74) is 1.19. The molecule has 1 fully saturated rings. The molecule has 1 aliphatic rings. The van der Waals surface area contributed by atoms with Crippen molar-refractivity contribution in [3.8, 4) is 11.5 Å². The second kappa shape index (κ2) is 9.75. The second-order valence-electron chi connectivity index (χ2n) is 6.34. The minimum Gasteiger partial charge on any atom is -0.497 e. The van der Waals surface area contributed by atoms with Gasteiger partial charge < -0.3 is 19.5 Å². The summed E-state index contributed by atoms with van der Waals surface area (Å²) in [5, 5.41) is 6.00. The van der Waals surface area contributed by atoms with Crippen molar-refractivity contribution in [1.82, 2.24) is 5.32 Å². The van der Waals surface area contributed by atoms with Gasteiger partial charge in [-0.15, -0.1) is 0 Å². The highest BCUT2D eigenvalue weighted by Gasteiger charge is 2.17. The van der Waals surface area contributed by atoms with Gasteiger partial charge in [-0.3, -0.25) is 10.1 Å². The Bertz CT molecular complexity index is 832. The molecule has 0 radical (unpaired) electrons. The van der Waals surface area contributed by atoms with Gasteiger partial charge in [-0.25, -0.2) is 4.99 Å². The van der Waals surface area contributed by atoms with Crippen LogP contribution in [0.15, 0.2) is 53.5 Å². The molecule has 3 rings (SSSR count). The molecular formula is C21H25N3O4. The van der Waals surface area contributed by atoms with Crippen LogP contribution in [0.5, 0.6) is 11.5 Å². The van der Waals surface area contributed by atoms with Crippen LogP contribution >= 0.6 is 0 Å². The summed E-state index contributed by atoms with van der Waals surface area (Å²) in [6, 6.07) is 14.4. The fourth-order valence-electron chi connectivity index (χ4n) is 2.91. The van der Waals surface area contributed by atoms with Crippen LogP contribution in [0.2, 0.25) is 0 Å². The summed E-state index contributed by atoms with van der Waals surface area (Å²) < 4.78 is 16.2. The van der Waals surface area contributed by atoms with Crippen LogP contribution in [-0.2, 0) is 4.74 Å². The molecule has 0 bridgehead atoms. The van der Waals surface area contributed by atoms with Gasteiger partial charge in [0, 0.05) is 12.2 Å². The molecule has 7 heteroatoms. The Kier molecular flexibility index (Phi) is 6.86. The number of carbonyl (C=O) groups excluding carboxylic acids is 1. The molecule has 2 aromatic rings. The van der Waals surface area contributed by atoms with E-state index in [1.165, 1.54) is 0 Å². The molecule has 2 N–H and O–H groups in total. The van der Waals surface area contributed by atoms with Crippen LogP contribution in [0.1, 0.15) is 23.2 Å². The van der Waals surface area contributed by atoms with Gasteiger partial charge in [0.15, 0.2) is 0 Å². The Morgan fingerprint density at radius 3 is 2.79 bits per heavy atom. The lowest BCUT2D eigenvalue weighted by Crippen LogP contribution is -2.36. The molecule has 28 heavy (non-hydrogen) atoms. The number of aliphatic imine (C=N–C) groups is 1. The van der Waals surface area contributed by atoms with Crippen LogP contribution in [0.4, 0.5) is 5.69 Å². The van der Waals surface area contributed by atoms with Gasteiger partial charge in [-0.2, -0.15) is 0 Å². The Labute approximate surface area is 164 Å². The van der Waals surface area contributed by atoms with Gasteiger partial charge in [0.2, 0.25) is 5.96 Å². The molecule has 148 valence electrons. The number of amides is 1. The third kappa shape index (κ3) is 5.23. The molecule has 1 amide bonds. The van der Waals surface area contributed by atoms with E-state index < -0.39 is 0 Å². The van der Waals surface area contributed by atoms with E-state index in [2.05, 4.69) is 15.6 Å². The van der Waals surface area contributed by atoms with E-state index in [0.717, 1.165) is 19.4 Å². The number of hydrogen-bond acceptors (Lipinski definition) is 5. The summed E-state index contributed by atoms with van der Waals surface area (Å²) in [6.45, 7) is 1.22. The fourth-order valence-corrected chi connectivity index (χ4v) is 2.91. The first-order chi connectivity index (χ1) is 13.7. The summed E-state index contributed by atoms with van der Waals surface area (Å²) in [5.74, 6) is 1.33. The molecule has 1 atom stereocenters. The standard InChI is InChI=1S/C21H25N3O4/c1-26-16-8-5-7-15(13-16)20(25)24-21(22-14-17-9-6-12-28-17)23-18-10-3-4-11-19(18)27-2/h3-5,7-8,10-11,13,17H,6,9,12,14H2,1-2H3,(H2,22,23,24,25)/t17-/m0/s1. The summed E-state index contributed by atoms with van der Waals surface area (Å²) >= 11 is 0. The molecule has 2 aromatic carbocycles. The van der Waals surface area contributed by atoms with Crippen LogP contribution in [0.3, 0.4) is 0 Å². The minimum atomic E-state index is -0.285. The van der Waals surface area contributed by atoms with Crippen molar-refractivity contribution in [2.24, 2.45) is 4.99 Å². The molecule has 0 aromatic heterocycles. The molecule has 0 aliphatic carbocycles. The minimum absolute atomic E-state index is 0.0724. The SMILES string of the molecule is COc1cccc(C(=O)NC(=NC[C@@H]2CCCO2)Nc2ccccc2OC)c1. The quantitative estimate of drug-likeness (QED) is 0.592. The zero-order chi connectivity index (χ0) is 19.8. The number of rotatable bonds is 6. The van der Waals surface area contributed by atoms with Crippen LogP contribution in [0.25, 0.3) is 0 Å². The van der Waals surface area contributed by atoms with Crippen molar-refractivity contribution in [2.45, 2.75) is 18.9 Å². The predicted molar refractivity (Wildman–Crippen MR) is 108 cm³/mol. The van der Waals surface area contributed by atoms with Gasteiger partial charge in [0.25, 0.3) is 5.91 Å². The smallest absolute Gasteiger partial charge is 0.258 e. The maximum absolute atomic E-state index is 12.7. The molecule has 7 nitrogen and oxygen atoms in total. The van der Waals surface area contributed by atoms with Crippen molar-refractivity contribution in [3.63, 3.8) is 0 Å². The number of carbonyl (C=O) groups is 1. The van der Waals surface area contributed by atoms with Gasteiger partial charge in [-0.05, 0) is 43.2 Å². The lowest BCUT2D eigenvalue weighted by atomic mass is 10.2. The van der Waals surface area contributed by atoms with Gasteiger partial charge in [0.05, 0.1) is 32.6 Å². The first kappa shape index (κ1) is 19.7. The Hall–Kier alpha value is -3.06. The van der Waals surface area contributed by atoms with E-state index in [0.29, 0.717) is 35.3 Å². The van der Waals surface area contributed by atoms with Gasteiger partial charge in [0.1, 0.15) is 11.5 Å². The van der Waals surface area contributed by atoms with Crippen molar-refractivity contribution in [3.05, 3.63) is 54.1 Å². The summed E-state index contributed by atoms with van der Waals surface area (Å²) in [7, 11) is 3.16. The Morgan fingerprint density at radius 2 is 2.04 bits per heavy atom. The van der Waals surface area contributed by atoms with Gasteiger partial charge in [-0.1, -0.05) is 18.2 Å². The highest BCUT2D eigenvalue weighted by Crippen LogP contribution is 2.23. The molecule has 1 heterocycles. The molecule has 1 aliphatic heterocycles. The van der Waals surface area contributed by atoms with E-state index in [1.807, 2.05) is 24.3 Å². The number of anilines is 1. The van der Waals surface area contributed by atoms with E-state index in [1.54, 1.807) is 38.5 Å². The zero-order valence-electron chi connectivity index (χ0n) is 16.1. The number of ether oxygens (including phenoxy) is 3. The molecular weight excluding hydrogens is 358 g/mol. The Morgan fingerprint density at radius 1 is 1.18 bits per heavy atom. The monoisotopic (exact) mass is 383 g/mol. The van der Waals surface area contributed by atoms with Crippen molar-refractivity contribution in [2.75, 3.05) is 32.7 Å². The lowest BCUT2D eigenvalue weighted by Gasteiger charge is -2.15. The topological polar surface area (TPSA) is 81.2 Å². The van der Waals surface area contributed by atoms with Crippen LogP contribution in [0, 0.1) is 0 Å². The number of para-hydroxylation sites is 2. The normalized spacial score (nSPS) is 16.5. The average molecular weight is 383 g/mol. The number of benzene rings is 2. The van der Waals surface area contributed by atoms with Crippen LogP contribution in [-0.4, -0.2) is 45.3 Å². The summed E-state index contributed by atoms with van der Waals surface area (Å²) in [4.78, 5) is 17.3. The predicted octanol–water partition coefficient (Wildman–Crippen LogP) is 3.08. The number of nitrogens with one attached hydrogen (secondary N) is 2. The van der Waals surface area contributed by atoms with Gasteiger partial charge >= 0.3 is 0 Å². The van der Waals surface area contributed by atoms with Crippen LogP contribution < -0.4 is 20.1 Å². The highest BCUT2D eigenvalue weighted by atomic mass is 16.5. The van der Waals surface area contributed by atoms with E-state index in [4.69, 9.17) is 14.2 Å². The van der Waals surface area contributed by atoms with E-state index >= 15 is 0 Å². The maximum Gasteiger partial charge on any atom is 0.258 e. The molecule has 0 saturated carbocycles. The third-order valence-corrected chi connectivity index (χ3v) is 4.40. The molecule has 1 saturated heterocycles. The van der Waals surface area contributed by atoms with Crippen molar-refractivity contribution < 1.29 is 19.0 Å². The zero-order valence-corrected chi connectivity index (χ0v) is 16.1. The maximum atomic E-state index is 12.7. The highest BCUT2D eigenvalue weighted by molar-refractivity contribution is 6.10. The molecule has 0 unspecified atom stereocenters. The Balaban J connectivity index is 1.78. The lowest BCUT2D eigenvalue weighted by molar-refractivity contribution is 0.0975. The van der Waals surface area contributed by atoms with E-state index in [-0.39, 0.29) is 12.0 Å². The first-order valence-corrected chi connectivity index (χ1v) is 9.21. The molecule has 0 spiro atoms. The second-order valence-corrected chi connectivity index (χ2v) is 6.34. The van der Waals surface area contributed by atoms with Crippen molar-refractivity contribution in [1.29, 1.82) is 0 Å². The number of guanidine groups is 1. The third-order valence-electron chi connectivity index (χ3n) is 4.40. The summed E-state index contributed by atoms with van der Waals surface area (Å²) in [6.07, 6.45) is 2.07. The number of methoxy groups -OCH3 is 2. The fraction of sp³-hybridized carbons (Fsp3) is 0.333. The first-order valence-electron chi connectivity index (χ1n) is 9.21. The van der Waals surface area contributed by atoms with E-state index in [9.17, 15) is 4.79 Å².